The third-order valence-electron chi connectivity index (χ3n) is 3.44. The normalized spacial score (nSPS) is 20.5. The van der Waals surface area contributed by atoms with E-state index in [1.54, 1.807) is 13.0 Å². The van der Waals surface area contributed by atoms with Gasteiger partial charge in [-0.2, -0.15) is 4.39 Å². The van der Waals surface area contributed by atoms with E-state index in [-0.39, 0.29) is 11.9 Å². The van der Waals surface area contributed by atoms with Crippen LogP contribution in [0.2, 0.25) is 0 Å². The molecule has 2 nitrogen and oxygen atoms in total. The maximum Gasteiger partial charge on any atom is 0.200 e. The second-order valence-electron chi connectivity index (χ2n) is 4.66. The largest absolute Gasteiger partial charge is 0.491 e. The van der Waals surface area contributed by atoms with Crippen LogP contribution < -0.4 is 4.74 Å². The lowest BCUT2D eigenvalue weighted by Gasteiger charge is -2.28. The third-order valence-corrected chi connectivity index (χ3v) is 3.44. The minimum absolute atomic E-state index is 0.0347. The summed E-state index contributed by atoms with van der Waals surface area (Å²) >= 11 is 0. The van der Waals surface area contributed by atoms with Gasteiger partial charge in [-0.3, -0.25) is 0 Å². The van der Waals surface area contributed by atoms with Crippen molar-refractivity contribution in [3.63, 3.8) is 0 Å². The molecular weight excluding hydrogens is 250 g/mol. The Labute approximate surface area is 112 Å². The van der Waals surface area contributed by atoms with E-state index in [1.165, 1.54) is 6.07 Å². The molecule has 19 heavy (non-hydrogen) atoms. The molecule has 1 aliphatic heterocycles. The van der Waals surface area contributed by atoms with Gasteiger partial charge < -0.3 is 9.47 Å². The smallest absolute Gasteiger partial charge is 0.200 e. The number of hydrogen-bond acceptors (Lipinski definition) is 2. The molecule has 1 aliphatic rings. The molecule has 105 valence electrons. The molecule has 0 N–H and O–H groups in total. The van der Waals surface area contributed by atoms with E-state index in [1.807, 2.05) is 0 Å². The Morgan fingerprint density at radius 3 is 2.63 bits per heavy atom. The molecule has 2 rings (SSSR count). The summed E-state index contributed by atoms with van der Waals surface area (Å²) in [5.41, 5.74) is 0.315. The first-order valence-corrected chi connectivity index (χ1v) is 6.74. The topological polar surface area (TPSA) is 18.5 Å². The lowest BCUT2D eigenvalue weighted by Crippen LogP contribution is -2.25. The molecular formula is C15H19F2O2. The van der Waals surface area contributed by atoms with Crippen molar-refractivity contribution in [1.82, 2.24) is 0 Å². The van der Waals surface area contributed by atoms with Crippen molar-refractivity contribution in [2.24, 2.45) is 0 Å². The second-order valence-corrected chi connectivity index (χ2v) is 4.66. The molecule has 1 radical (unpaired) electrons. The zero-order valence-corrected chi connectivity index (χ0v) is 11.3. The van der Waals surface area contributed by atoms with Gasteiger partial charge in [0.25, 0.3) is 0 Å². The fraction of sp³-hybridized carbons (Fsp3) is 0.533. The van der Waals surface area contributed by atoms with Gasteiger partial charge in [-0.15, -0.1) is 0 Å². The predicted molar refractivity (Wildman–Crippen MR) is 69.1 cm³/mol. The van der Waals surface area contributed by atoms with Gasteiger partial charge in [-0.05, 0) is 32.3 Å². The Bertz CT molecular complexity index is 426. The number of hydrogen-bond donors (Lipinski definition) is 0. The van der Waals surface area contributed by atoms with Gasteiger partial charge in [0, 0.05) is 11.5 Å². The SMILES string of the molecule is CCOc1ccc([C]2CCC(CC)OC2)c(F)c1F. The Balaban J connectivity index is 2.15. The molecule has 0 aromatic heterocycles. The number of halogens is 2. The minimum atomic E-state index is -0.913. The molecule has 0 aliphatic carbocycles. The first-order chi connectivity index (χ1) is 9.17. The van der Waals surface area contributed by atoms with Crippen molar-refractivity contribution in [2.45, 2.75) is 39.2 Å². The van der Waals surface area contributed by atoms with Gasteiger partial charge in [-0.1, -0.05) is 13.0 Å². The first-order valence-electron chi connectivity index (χ1n) is 6.74. The minimum Gasteiger partial charge on any atom is -0.491 e. The van der Waals surface area contributed by atoms with Crippen LogP contribution >= 0.6 is 0 Å². The molecule has 4 heteroatoms. The van der Waals surface area contributed by atoms with Crippen LogP contribution in [0.1, 0.15) is 38.7 Å². The molecule has 1 unspecified atom stereocenters. The van der Waals surface area contributed by atoms with Crippen LogP contribution in [-0.2, 0) is 4.74 Å². The Hall–Kier alpha value is -1.16. The molecule has 1 atom stereocenters. The molecule has 0 saturated carbocycles. The highest BCUT2D eigenvalue weighted by molar-refractivity contribution is 5.39. The first kappa shape index (κ1) is 14.3. The molecule has 1 fully saturated rings. The van der Waals surface area contributed by atoms with Gasteiger partial charge in [-0.25, -0.2) is 4.39 Å². The summed E-state index contributed by atoms with van der Waals surface area (Å²) in [6.07, 6.45) is 2.80. The Morgan fingerprint density at radius 2 is 2.05 bits per heavy atom. The summed E-state index contributed by atoms with van der Waals surface area (Å²) < 4.78 is 38.5. The zero-order valence-electron chi connectivity index (χ0n) is 11.3. The summed E-state index contributed by atoms with van der Waals surface area (Å²) in [7, 11) is 0. The summed E-state index contributed by atoms with van der Waals surface area (Å²) in [5, 5.41) is 0. The lowest BCUT2D eigenvalue weighted by atomic mass is 9.90. The van der Waals surface area contributed by atoms with Crippen molar-refractivity contribution in [2.75, 3.05) is 13.2 Å². The Morgan fingerprint density at radius 1 is 1.26 bits per heavy atom. The summed E-state index contributed by atoms with van der Waals surface area (Å²) in [4.78, 5) is 0. The molecule has 1 saturated heterocycles. The van der Waals surface area contributed by atoms with Gasteiger partial charge in [0.2, 0.25) is 5.82 Å². The van der Waals surface area contributed by atoms with Crippen LogP contribution in [0.15, 0.2) is 12.1 Å². The maximum atomic E-state index is 14.0. The van der Waals surface area contributed by atoms with Gasteiger partial charge >= 0.3 is 0 Å². The van der Waals surface area contributed by atoms with Crippen LogP contribution in [0.25, 0.3) is 0 Å². The van der Waals surface area contributed by atoms with E-state index in [0.29, 0.717) is 18.8 Å². The fourth-order valence-corrected chi connectivity index (χ4v) is 2.32. The number of ether oxygens (including phenoxy) is 2. The van der Waals surface area contributed by atoms with Crippen molar-refractivity contribution in [3.05, 3.63) is 35.2 Å². The molecule has 0 spiro atoms. The van der Waals surface area contributed by atoms with Crippen molar-refractivity contribution >= 4 is 0 Å². The maximum absolute atomic E-state index is 14.0. The monoisotopic (exact) mass is 269 g/mol. The van der Waals surface area contributed by atoms with Crippen LogP contribution in [0.5, 0.6) is 5.75 Å². The van der Waals surface area contributed by atoms with E-state index >= 15 is 0 Å². The fourth-order valence-electron chi connectivity index (χ4n) is 2.32. The van der Waals surface area contributed by atoms with E-state index in [0.717, 1.165) is 25.2 Å². The van der Waals surface area contributed by atoms with Crippen LogP contribution in [0.3, 0.4) is 0 Å². The number of benzene rings is 1. The van der Waals surface area contributed by atoms with Crippen molar-refractivity contribution in [1.29, 1.82) is 0 Å². The quantitative estimate of drug-likeness (QED) is 0.826. The Kier molecular flexibility index (Phi) is 4.75. The van der Waals surface area contributed by atoms with Gasteiger partial charge in [0.15, 0.2) is 11.6 Å². The van der Waals surface area contributed by atoms with E-state index < -0.39 is 11.6 Å². The van der Waals surface area contributed by atoms with Crippen LogP contribution in [0, 0.1) is 17.6 Å². The van der Waals surface area contributed by atoms with E-state index in [9.17, 15) is 8.78 Å². The molecule has 1 aromatic rings. The highest BCUT2D eigenvalue weighted by Crippen LogP contribution is 2.33. The summed E-state index contributed by atoms with van der Waals surface area (Å²) in [5.74, 6) is -0.958. The van der Waals surface area contributed by atoms with Gasteiger partial charge in [0.1, 0.15) is 0 Å². The third kappa shape index (κ3) is 3.06. The standard InChI is InChI=1S/C15H19F2O2/c1-3-11-6-5-10(9-19-11)12-7-8-13(18-4-2)15(17)14(12)16/h7-8,11H,3-6,9H2,1-2H3. The van der Waals surface area contributed by atoms with E-state index in [4.69, 9.17) is 9.47 Å². The average molecular weight is 269 g/mol. The summed E-state index contributed by atoms with van der Waals surface area (Å²) in [6.45, 7) is 4.49. The highest BCUT2D eigenvalue weighted by atomic mass is 19.2. The van der Waals surface area contributed by atoms with Gasteiger partial charge in [0.05, 0.1) is 19.3 Å². The van der Waals surface area contributed by atoms with E-state index in [2.05, 4.69) is 6.92 Å². The highest BCUT2D eigenvalue weighted by Gasteiger charge is 2.26. The lowest BCUT2D eigenvalue weighted by molar-refractivity contribution is 0.0287. The summed E-state index contributed by atoms with van der Waals surface area (Å²) in [6, 6.07) is 3.06. The van der Waals surface area contributed by atoms with Crippen molar-refractivity contribution in [3.8, 4) is 5.75 Å². The zero-order chi connectivity index (χ0) is 13.8. The predicted octanol–water partition coefficient (Wildman–Crippen LogP) is 3.88. The second kappa shape index (κ2) is 6.33. The van der Waals surface area contributed by atoms with Crippen LogP contribution in [-0.4, -0.2) is 19.3 Å². The number of rotatable bonds is 4. The van der Waals surface area contributed by atoms with Crippen LogP contribution in [0.4, 0.5) is 8.78 Å². The average Bonchev–Trinajstić information content (AvgIpc) is 2.45. The van der Waals surface area contributed by atoms with Crippen molar-refractivity contribution < 1.29 is 18.3 Å². The molecule has 1 heterocycles. The molecule has 0 bridgehead atoms. The molecule has 1 aromatic carbocycles. The molecule has 0 amide bonds.